The molecule has 2 fully saturated rings. The smallest absolute Gasteiger partial charge is 0.239 e. The van der Waals surface area contributed by atoms with Crippen LogP contribution < -0.4 is 5.73 Å². The van der Waals surface area contributed by atoms with Gasteiger partial charge in [0.15, 0.2) is 0 Å². The molecule has 2 aliphatic heterocycles. The van der Waals surface area contributed by atoms with Crippen LogP contribution in [0.2, 0.25) is 0 Å². The van der Waals surface area contributed by atoms with Crippen molar-refractivity contribution in [3.63, 3.8) is 0 Å². The van der Waals surface area contributed by atoms with Gasteiger partial charge in [-0.3, -0.25) is 9.59 Å². The zero-order valence-electron chi connectivity index (χ0n) is 12.5. The summed E-state index contributed by atoms with van der Waals surface area (Å²) in [5.74, 6) is 0.268. The molecule has 0 spiro atoms. The van der Waals surface area contributed by atoms with Crippen molar-refractivity contribution >= 4 is 11.8 Å². The van der Waals surface area contributed by atoms with Gasteiger partial charge in [-0.2, -0.15) is 0 Å². The van der Waals surface area contributed by atoms with Crippen LogP contribution in [0.5, 0.6) is 0 Å². The fourth-order valence-electron chi connectivity index (χ4n) is 3.09. The van der Waals surface area contributed by atoms with E-state index in [9.17, 15) is 9.59 Å². The highest BCUT2D eigenvalue weighted by Gasteiger charge is 2.33. The monoisotopic (exact) mass is 282 g/mol. The Balaban J connectivity index is 1.85. The van der Waals surface area contributed by atoms with Gasteiger partial charge in [-0.1, -0.05) is 0 Å². The molecule has 0 radical (unpaired) electrons. The van der Waals surface area contributed by atoms with Crippen molar-refractivity contribution in [3.05, 3.63) is 0 Å². The first-order valence-electron chi connectivity index (χ1n) is 7.47. The van der Waals surface area contributed by atoms with Gasteiger partial charge in [0.2, 0.25) is 11.8 Å². The highest BCUT2D eigenvalue weighted by molar-refractivity contribution is 5.82. The van der Waals surface area contributed by atoms with E-state index in [2.05, 4.69) is 0 Å². The number of rotatable bonds is 3. The first-order chi connectivity index (χ1) is 9.49. The number of carbonyl (C=O) groups excluding carboxylic acids is 2. The van der Waals surface area contributed by atoms with Crippen LogP contribution in [0.25, 0.3) is 0 Å². The lowest BCUT2D eigenvalue weighted by Gasteiger charge is -2.41. The van der Waals surface area contributed by atoms with Gasteiger partial charge >= 0.3 is 0 Å². The molecule has 2 aliphatic rings. The van der Waals surface area contributed by atoms with E-state index in [-0.39, 0.29) is 23.9 Å². The highest BCUT2D eigenvalue weighted by atomic mass is 16.2. The van der Waals surface area contributed by atoms with Crippen LogP contribution in [-0.2, 0) is 9.59 Å². The van der Waals surface area contributed by atoms with Crippen LogP contribution in [0.1, 0.15) is 25.7 Å². The molecule has 114 valence electrons. The number of piperidine rings is 2. The summed E-state index contributed by atoms with van der Waals surface area (Å²) >= 11 is 0. The summed E-state index contributed by atoms with van der Waals surface area (Å²) in [5, 5.41) is 0. The Labute approximate surface area is 120 Å². The summed E-state index contributed by atoms with van der Waals surface area (Å²) in [5.41, 5.74) is 5.84. The van der Waals surface area contributed by atoms with Gasteiger partial charge in [0.05, 0.1) is 12.6 Å². The highest BCUT2D eigenvalue weighted by Crippen LogP contribution is 2.21. The van der Waals surface area contributed by atoms with Crippen molar-refractivity contribution < 1.29 is 9.59 Å². The molecule has 2 rings (SSSR count). The Kier molecular flexibility index (Phi) is 4.99. The maximum atomic E-state index is 12.1. The third-order valence-corrected chi connectivity index (χ3v) is 4.22. The van der Waals surface area contributed by atoms with E-state index in [1.807, 2.05) is 28.8 Å². The lowest BCUT2D eigenvalue weighted by atomic mass is 9.97. The van der Waals surface area contributed by atoms with E-state index in [0.717, 1.165) is 45.3 Å². The molecule has 20 heavy (non-hydrogen) atoms. The molecule has 0 aliphatic carbocycles. The van der Waals surface area contributed by atoms with Crippen molar-refractivity contribution in [1.82, 2.24) is 14.7 Å². The normalized spacial score (nSPS) is 25.4. The van der Waals surface area contributed by atoms with E-state index in [4.69, 9.17) is 5.73 Å². The van der Waals surface area contributed by atoms with Gasteiger partial charge < -0.3 is 20.4 Å². The van der Waals surface area contributed by atoms with Crippen LogP contribution in [-0.4, -0.2) is 78.9 Å². The molecular formula is C14H26N4O2. The largest absolute Gasteiger partial charge is 0.341 e. The molecule has 6 heteroatoms. The van der Waals surface area contributed by atoms with Crippen molar-refractivity contribution in [2.75, 3.05) is 40.3 Å². The Morgan fingerprint density at radius 1 is 1.25 bits per heavy atom. The molecule has 0 aromatic heterocycles. The summed E-state index contributed by atoms with van der Waals surface area (Å²) in [6.45, 7) is 2.77. The summed E-state index contributed by atoms with van der Waals surface area (Å²) in [4.78, 5) is 29.8. The zero-order valence-corrected chi connectivity index (χ0v) is 12.5. The summed E-state index contributed by atoms with van der Waals surface area (Å²) in [6, 6.07) is -0.0607. The molecule has 0 aromatic carbocycles. The van der Waals surface area contributed by atoms with Crippen molar-refractivity contribution in [3.8, 4) is 0 Å². The number of likely N-dealkylation sites (N-methyl/N-ethyl adjacent to an activating group) is 1. The minimum Gasteiger partial charge on any atom is -0.341 e. The average molecular weight is 282 g/mol. The Hall–Kier alpha value is -1.14. The second-order valence-electron chi connectivity index (χ2n) is 6.13. The van der Waals surface area contributed by atoms with E-state index in [0.29, 0.717) is 6.54 Å². The second kappa shape index (κ2) is 6.54. The number of amides is 2. The third-order valence-electron chi connectivity index (χ3n) is 4.22. The minimum atomic E-state index is -0.322. The summed E-state index contributed by atoms with van der Waals surface area (Å²) in [7, 11) is 3.80. The second-order valence-corrected chi connectivity index (χ2v) is 6.13. The lowest BCUT2D eigenvalue weighted by molar-refractivity contribution is -0.140. The molecule has 6 nitrogen and oxygen atoms in total. The molecule has 1 unspecified atom stereocenters. The molecular weight excluding hydrogens is 256 g/mol. The van der Waals surface area contributed by atoms with Gasteiger partial charge in [0, 0.05) is 25.7 Å². The number of nitrogens with zero attached hydrogens (tertiary/aromatic N) is 3. The Morgan fingerprint density at radius 2 is 1.90 bits per heavy atom. The number of likely N-dealkylation sites (tertiary alicyclic amines) is 2. The van der Waals surface area contributed by atoms with E-state index in [1.165, 1.54) is 0 Å². The third kappa shape index (κ3) is 3.49. The SMILES string of the molecule is CN(C)CC(=O)N1CCC(N2CCCC(N)C2=O)CC1. The van der Waals surface area contributed by atoms with Crippen molar-refractivity contribution in [2.24, 2.45) is 5.73 Å². The molecule has 2 amide bonds. The fraction of sp³-hybridized carbons (Fsp3) is 0.857. The van der Waals surface area contributed by atoms with E-state index < -0.39 is 0 Å². The van der Waals surface area contributed by atoms with Crippen LogP contribution in [0.15, 0.2) is 0 Å². The predicted octanol–water partition coefficient (Wildman–Crippen LogP) is -0.511. The summed E-state index contributed by atoms with van der Waals surface area (Å²) in [6.07, 6.45) is 3.54. The van der Waals surface area contributed by atoms with Gasteiger partial charge in [-0.25, -0.2) is 0 Å². The maximum absolute atomic E-state index is 12.1. The van der Waals surface area contributed by atoms with Crippen LogP contribution in [0.3, 0.4) is 0 Å². The minimum absolute atomic E-state index is 0.0920. The molecule has 0 aromatic rings. The van der Waals surface area contributed by atoms with Crippen LogP contribution in [0, 0.1) is 0 Å². The first-order valence-corrected chi connectivity index (χ1v) is 7.47. The molecule has 2 heterocycles. The van der Waals surface area contributed by atoms with Crippen LogP contribution >= 0.6 is 0 Å². The quantitative estimate of drug-likeness (QED) is 0.757. The molecule has 0 saturated carbocycles. The first kappa shape index (κ1) is 15.3. The standard InChI is InChI=1S/C14H26N4O2/c1-16(2)10-13(19)17-8-5-11(6-9-17)18-7-3-4-12(15)14(18)20/h11-12H,3-10,15H2,1-2H3. The van der Waals surface area contributed by atoms with E-state index >= 15 is 0 Å². The molecule has 0 bridgehead atoms. The molecule has 2 saturated heterocycles. The number of nitrogens with two attached hydrogens (primary N) is 1. The van der Waals surface area contributed by atoms with Gasteiger partial charge in [-0.05, 0) is 39.8 Å². The Bertz CT molecular complexity index is 364. The molecule has 2 N–H and O–H groups in total. The molecule has 1 atom stereocenters. The zero-order chi connectivity index (χ0) is 14.7. The van der Waals surface area contributed by atoms with Crippen molar-refractivity contribution in [1.29, 1.82) is 0 Å². The summed E-state index contributed by atoms with van der Waals surface area (Å²) < 4.78 is 0. The topological polar surface area (TPSA) is 69.9 Å². The van der Waals surface area contributed by atoms with Gasteiger partial charge in [-0.15, -0.1) is 0 Å². The Morgan fingerprint density at radius 3 is 2.50 bits per heavy atom. The van der Waals surface area contributed by atoms with Crippen LogP contribution in [0.4, 0.5) is 0 Å². The van der Waals surface area contributed by atoms with E-state index in [1.54, 1.807) is 0 Å². The maximum Gasteiger partial charge on any atom is 0.239 e. The predicted molar refractivity (Wildman–Crippen MR) is 77.1 cm³/mol. The lowest BCUT2D eigenvalue weighted by Crippen LogP contribution is -2.56. The number of carbonyl (C=O) groups is 2. The average Bonchev–Trinajstić information content (AvgIpc) is 2.41. The van der Waals surface area contributed by atoms with Gasteiger partial charge in [0.25, 0.3) is 0 Å². The fourth-order valence-corrected chi connectivity index (χ4v) is 3.09. The number of hydrogen-bond acceptors (Lipinski definition) is 4. The van der Waals surface area contributed by atoms with Crippen molar-refractivity contribution in [2.45, 2.75) is 37.8 Å². The number of hydrogen-bond donors (Lipinski definition) is 1. The van der Waals surface area contributed by atoms with Gasteiger partial charge in [0.1, 0.15) is 0 Å².